The molecule has 0 radical (unpaired) electrons. The first-order valence-corrected chi connectivity index (χ1v) is 7.94. The normalized spacial score (nSPS) is 32.5. The Morgan fingerprint density at radius 1 is 1.32 bits per heavy atom. The zero-order valence-corrected chi connectivity index (χ0v) is 12.3. The van der Waals surface area contributed by atoms with Crippen molar-refractivity contribution in [2.45, 2.75) is 57.5 Å². The van der Waals surface area contributed by atoms with Crippen molar-refractivity contribution >= 4 is 11.6 Å². The van der Waals surface area contributed by atoms with E-state index in [4.69, 9.17) is 11.6 Å². The largest absolute Gasteiger partial charge is 0.293 e. The smallest absolute Gasteiger partial charge is 0.0625 e. The fraction of sp³-hybridized carbons (Fsp3) is 0.688. The van der Waals surface area contributed by atoms with E-state index in [2.05, 4.69) is 16.8 Å². The zero-order valence-electron chi connectivity index (χ0n) is 11.5. The monoisotopic (exact) mass is 276 g/mol. The van der Waals surface area contributed by atoms with Gasteiger partial charge < -0.3 is 0 Å². The number of halogens is 1. The Bertz CT molecular complexity index is 507. The summed E-state index contributed by atoms with van der Waals surface area (Å²) in [6, 6.07) is 1.19. The van der Waals surface area contributed by atoms with Crippen LogP contribution in [0.5, 0.6) is 0 Å². The molecular weight excluding hydrogens is 256 g/mol. The molecule has 1 aliphatic carbocycles. The molecule has 0 N–H and O–H groups in total. The van der Waals surface area contributed by atoms with Crippen molar-refractivity contribution in [3.63, 3.8) is 0 Å². The van der Waals surface area contributed by atoms with Crippen molar-refractivity contribution in [1.82, 2.24) is 9.88 Å². The maximum atomic E-state index is 6.37. The number of hydrogen-bond acceptors (Lipinski definition) is 2. The van der Waals surface area contributed by atoms with E-state index >= 15 is 0 Å². The summed E-state index contributed by atoms with van der Waals surface area (Å²) in [7, 11) is 0. The average molecular weight is 277 g/mol. The first-order chi connectivity index (χ1) is 9.19. The Morgan fingerprint density at radius 3 is 2.89 bits per heavy atom. The third-order valence-corrected chi connectivity index (χ3v) is 6.07. The summed E-state index contributed by atoms with van der Waals surface area (Å²) in [6.45, 7) is 3.63. The van der Waals surface area contributed by atoms with E-state index in [9.17, 15) is 0 Å². The van der Waals surface area contributed by atoms with E-state index in [1.807, 2.05) is 12.4 Å². The average Bonchev–Trinajstić information content (AvgIpc) is 2.99. The van der Waals surface area contributed by atoms with Gasteiger partial charge >= 0.3 is 0 Å². The van der Waals surface area contributed by atoms with Gasteiger partial charge in [-0.25, -0.2) is 0 Å². The van der Waals surface area contributed by atoms with Gasteiger partial charge in [0.05, 0.1) is 5.02 Å². The van der Waals surface area contributed by atoms with Crippen LogP contribution in [0.2, 0.25) is 5.02 Å². The molecule has 1 saturated carbocycles. The maximum absolute atomic E-state index is 6.37. The molecule has 2 nitrogen and oxygen atoms in total. The lowest BCUT2D eigenvalue weighted by Crippen LogP contribution is -2.38. The van der Waals surface area contributed by atoms with Crippen molar-refractivity contribution < 1.29 is 0 Å². The highest BCUT2D eigenvalue weighted by molar-refractivity contribution is 6.31. The van der Waals surface area contributed by atoms with E-state index in [1.165, 1.54) is 49.8 Å². The first kappa shape index (κ1) is 12.2. The molecule has 1 spiro atoms. The van der Waals surface area contributed by atoms with Crippen molar-refractivity contribution in [1.29, 1.82) is 0 Å². The minimum absolute atomic E-state index is 0.486. The molecule has 2 aliphatic heterocycles. The first-order valence-electron chi connectivity index (χ1n) is 7.57. The van der Waals surface area contributed by atoms with E-state index < -0.39 is 0 Å². The lowest BCUT2D eigenvalue weighted by Gasteiger charge is -2.37. The highest BCUT2D eigenvalue weighted by Crippen LogP contribution is 2.52. The summed E-state index contributed by atoms with van der Waals surface area (Å²) in [5.41, 5.74) is 3.35. The van der Waals surface area contributed by atoms with Crippen LogP contribution in [0, 0.1) is 5.41 Å². The molecule has 3 aliphatic rings. The molecule has 0 aromatic carbocycles. The Morgan fingerprint density at radius 2 is 2.11 bits per heavy atom. The van der Waals surface area contributed by atoms with E-state index in [1.54, 1.807) is 0 Å². The fourth-order valence-corrected chi connectivity index (χ4v) is 5.04. The third kappa shape index (κ3) is 1.76. The molecule has 102 valence electrons. The van der Waals surface area contributed by atoms with Crippen molar-refractivity contribution in [2.75, 3.05) is 6.54 Å². The standard InChI is InChI=1S/C16H21ClN2/c1-11-14-8-18-9-15(17)13(14)6-12-7-16(10-19(11)12)4-2-3-5-16/h8-9,11-12H,2-7,10H2,1H3. The van der Waals surface area contributed by atoms with E-state index in [-0.39, 0.29) is 0 Å². The summed E-state index contributed by atoms with van der Waals surface area (Å²) in [5, 5.41) is 0.872. The van der Waals surface area contributed by atoms with Gasteiger partial charge in [0.2, 0.25) is 0 Å². The highest BCUT2D eigenvalue weighted by atomic mass is 35.5. The summed E-state index contributed by atoms with van der Waals surface area (Å²) < 4.78 is 0. The molecule has 1 saturated heterocycles. The molecule has 0 bridgehead atoms. The molecule has 1 aromatic heterocycles. The van der Waals surface area contributed by atoms with Crippen LogP contribution < -0.4 is 0 Å². The zero-order chi connectivity index (χ0) is 13.0. The predicted octanol–water partition coefficient (Wildman–Crippen LogP) is 3.99. The molecule has 4 rings (SSSR count). The van der Waals surface area contributed by atoms with Gasteiger partial charge in [-0.2, -0.15) is 0 Å². The van der Waals surface area contributed by atoms with Crippen LogP contribution in [0.1, 0.15) is 56.2 Å². The van der Waals surface area contributed by atoms with Crippen molar-refractivity contribution in [3.8, 4) is 0 Å². The topological polar surface area (TPSA) is 16.1 Å². The molecule has 3 heteroatoms. The second-order valence-corrected chi connectivity index (χ2v) is 7.21. The van der Waals surface area contributed by atoms with Crippen LogP contribution in [0.15, 0.2) is 12.4 Å². The summed E-state index contributed by atoms with van der Waals surface area (Å²) >= 11 is 6.37. The predicted molar refractivity (Wildman–Crippen MR) is 77.4 cm³/mol. The van der Waals surface area contributed by atoms with Gasteiger partial charge in [-0.15, -0.1) is 0 Å². The second kappa shape index (κ2) is 4.20. The van der Waals surface area contributed by atoms with Crippen molar-refractivity contribution in [3.05, 3.63) is 28.5 Å². The van der Waals surface area contributed by atoms with Gasteiger partial charge in [0.15, 0.2) is 0 Å². The van der Waals surface area contributed by atoms with Gasteiger partial charge in [0, 0.05) is 31.0 Å². The van der Waals surface area contributed by atoms with Crippen LogP contribution in [0.4, 0.5) is 0 Å². The number of pyridine rings is 1. The molecule has 3 heterocycles. The minimum Gasteiger partial charge on any atom is -0.293 e. The summed E-state index contributed by atoms with van der Waals surface area (Å²) in [5.74, 6) is 0. The van der Waals surface area contributed by atoms with Crippen LogP contribution in [-0.2, 0) is 6.42 Å². The van der Waals surface area contributed by atoms with Gasteiger partial charge in [-0.3, -0.25) is 9.88 Å². The number of rotatable bonds is 0. The summed E-state index contributed by atoms with van der Waals surface area (Å²) in [4.78, 5) is 7.02. The Hall–Kier alpha value is -0.600. The number of fused-ring (bicyclic) bond motifs is 2. The van der Waals surface area contributed by atoms with Gasteiger partial charge in [-0.1, -0.05) is 24.4 Å². The van der Waals surface area contributed by atoms with Crippen LogP contribution in [0.25, 0.3) is 0 Å². The van der Waals surface area contributed by atoms with Crippen molar-refractivity contribution in [2.24, 2.45) is 5.41 Å². The molecule has 2 fully saturated rings. The lowest BCUT2D eigenvalue weighted by molar-refractivity contribution is 0.163. The highest BCUT2D eigenvalue weighted by Gasteiger charge is 2.48. The van der Waals surface area contributed by atoms with E-state index in [0.717, 1.165) is 11.4 Å². The molecule has 2 unspecified atom stereocenters. The third-order valence-electron chi connectivity index (χ3n) is 5.75. The van der Waals surface area contributed by atoms with Gasteiger partial charge in [0.25, 0.3) is 0 Å². The molecule has 1 aromatic rings. The fourth-order valence-electron chi connectivity index (χ4n) is 4.79. The molecule has 2 atom stereocenters. The molecule has 0 amide bonds. The molecular formula is C16H21ClN2. The number of nitrogens with zero attached hydrogens (tertiary/aromatic N) is 2. The number of aromatic nitrogens is 1. The van der Waals surface area contributed by atoms with Crippen LogP contribution in [-0.4, -0.2) is 22.5 Å². The Kier molecular flexibility index (Phi) is 2.69. The Labute approximate surface area is 120 Å². The molecule has 19 heavy (non-hydrogen) atoms. The lowest BCUT2D eigenvalue weighted by atomic mass is 9.82. The Balaban J connectivity index is 1.70. The second-order valence-electron chi connectivity index (χ2n) is 6.81. The van der Waals surface area contributed by atoms with Crippen LogP contribution in [0.3, 0.4) is 0 Å². The van der Waals surface area contributed by atoms with Gasteiger partial charge in [-0.05, 0) is 49.1 Å². The quantitative estimate of drug-likeness (QED) is 0.712. The SMILES string of the molecule is CC1c2cncc(Cl)c2CC2CC3(CCCC3)CN21. The van der Waals surface area contributed by atoms with Gasteiger partial charge in [0.1, 0.15) is 0 Å². The maximum Gasteiger partial charge on any atom is 0.0625 e. The number of hydrogen-bond donors (Lipinski definition) is 0. The van der Waals surface area contributed by atoms with E-state index in [0.29, 0.717) is 17.5 Å². The summed E-state index contributed by atoms with van der Waals surface area (Å²) in [6.07, 6.45) is 12.1. The van der Waals surface area contributed by atoms with Crippen LogP contribution >= 0.6 is 11.6 Å². The minimum atomic E-state index is 0.486.